The number of aryl methyl sites for hydroxylation is 1. The van der Waals surface area contributed by atoms with Gasteiger partial charge in [-0.25, -0.2) is 0 Å². The summed E-state index contributed by atoms with van der Waals surface area (Å²) in [4.78, 5) is 13.7. The Morgan fingerprint density at radius 3 is 2.59 bits per heavy atom. The zero-order valence-electron chi connectivity index (χ0n) is 12.6. The summed E-state index contributed by atoms with van der Waals surface area (Å²) in [5.41, 5.74) is -3.30. The summed E-state index contributed by atoms with van der Waals surface area (Å²) in [5, 5.41) is 10.2. The Labute approximate surface area is 126 Å². The molecule has 1 aliphatic heterocycles. The third-order valence-corrected chi connectivity index (χ3v) is 4.15. The summed E-state index contributed by atoms with van der Waals surface area (Å²) in [6.07, 6.45) is -3.58. The molecule has 1 N–H and O–H groups in total. The SMILES string of the molecule is Cc1ccc(C(O)(CC(=O)N2CCCCC2C)C(F)(F)F)o1. The molecule has 124 valence electrons. The average molecular weight is 319 g/mol. The molecule has 0 spiro atoms. The van der Waals surface area contributed by atoms with Crippen molar-refractivity contribution in [3.8, 4) is 0 Å². The number of alkyl halides is 3. The van der Waals surface area contributed by atoms with Gasteiger partial charge in [0.2, 0.25) is 11.5 Å². The van der Waals surface area contributed by atoms with Crippen molar-refractivity contribution in [2.45, 2.75) is 57.3 Å². The molecule has 0 bridgehead atoms. The Kier molecular flexibility index (Phi) is 4.56. The van der Waals surface area contributed by atoms with Crippen LogP contribution in [0.5, 0.6) is 0 Å². The number of aliphatic hydroxyl groups is 1. The van der Waals surface area contributed by atoms with Crippen LogP contribution < -0.4 is 0 Å². The Hall–Kier alpha value is -1.50. The number of carbonyl (C=O) groups excluding carboxylic acids is 1. The topological polar surface area (TPSA) is 53.7 Å². The van der Waals surface area contributed by atoms with Crippen molar-refractivity contribution < 1.29 is 27.5 Å². The molecule has 0 aliphatic carbocycles. The molecule has 1 aliphatic rings. The number of carbonyl (C=O) groups is 1. The Morgan fingerprint density at radius 1 is 1.41 bits per heavy atom. The van der Waals surface area contributed by atoms with Gasteiger partial charge in [-0.15, -0.1) is 0 Å². The van der Waals surface area contributed by atoms with E-state index in [1.165, 1.54) is 17.9 Å². The number of hydrogen-bond acceptors (Lipinski definition) is 3. The lowest BCUT2D eigenvalue weighted by molar-refractivity contribution is -0.274. The number of nitrogens with zero attached hydrogens (tertiary/aromatic N) is 1. The normalized spacial score (nSPS) is 22.5. The van der Waals surface area contributed by atoms with Crippen molar-refractivity contribution in [3.05, 3.63) is 23.7 Å². The third-order valence-electron chi connectivity index (χ3n) is 4.15. The lowest BCUT2D eigenvalue weighted by Crippen LogP contribution is -2.49. The Balaban J connectivity index is 2.26. The maximum Gasteiger partial charge on any atom is 0.425 e. The van der Waals surface area contributed by atoms with Crippen LogP contribution in [0.4, 0.5) is 13.2 Å². The highest BCUT2D eigenvalue weighted by atomic mass is 19.4. The fourth-order valence-corrected chi connectivity index (χ4v) is 2.77. The molecular weight excluding hydrogens is 299 g/mol. The van der Waals surface area contributed by atoms with Crippen molar-refractivity contribution in [1.29, 1.82) is 0 Å². The minimum absolute atomic E-state index is 0.114. The number of rotatable bonds is 3. The quantitative estimate of drug-likeness (QED) is 0.931. The van der Waals surface area contributed by atoms with Gasteiger partial charge in [0.05, 0.1) is 6.42 Å². The minimum Gasteiger partial charge on any atom is -0.463 e. The molecule has 0 saturated carbocycles. The van der Waals surface area contributed by atoms with Gasteiger partial charge < -0.3 is 14.4 Å². The summed E-state index contributed by atoms with van der Waals surface area (Å²) >= 11 is 0. The largest absolute Gasteiger partial charge is 0.463 e. The van der Waals surface area contributed by atoms with Crippen molar-refractivity contribution in [2.24, 2.45) is 0 Å². The van der Waals surface area contributed by atoms with Gasteiger partial charge in [0, 0.05) is 12.6 Å². The van der Waals surface area contributed by atoms with Gasteiger partial charge in [-0.3, -0.25) is 4.79 Å². The van der Waals surface area contributed by atoms with Gasteiger partial charge in [0.1, 0.15) is 11.5 Å². The summed E-state index contributed by atoms with van der Waals surface area (Å²) in [6, 6.07) is 2.28. The van der Waals surface area contributed by atoms with Crippen molar-refractivity contribution in [1.82, 2.24) is 4.90 Å². The van der Waals surface area contributed by atoms with Crippen LogP contribution in [0, 0.1) is 6.92 Å². The molecule has 2 unspecified atom stereocenters. The molecule has 22 heavy (non-hydrogen) atoms. The van der Waals surface area contributed by atoms with Gasteiger partial charge in [-0.05, 0) is 45.2 Å². The van der Waals surface area contributed by atoms with Gasteiger partial charge in [-0.2, -0.15) is 13.2 Å². The maximum absolute atomic E-state index is 13.3. The summed E-state index contributed by atoms with van der Waals surface area (Å²) in [7, 11) is 0. The maximum atomic E-state index is 13.3. The number of piperidine rings is 1. The minimum atomic E-state index is -4.99. The van der Waals surface area contributed by atoms with E-state index in [4.69, 9.17) is 4.42 Å². The van der Waals surface area contributed by atoms with E-state index in [2.05, 4.69) is 0 Å². The van der Waals surface area contributed by atoms with Gasteiger partial charge in [0.15, 0.2) is 0 Å². The number of furan rings is 1. The first-order chi connectivity index (χ1) is 10.1. The van der Waals surface area contributed by atoms with E-state index in [1.54, 1.807) is 6.92 Å². The molecule has 0 aromatic carbocycles. The van der Waals surface area contributed by atoms with Crippen molar-refractivity contribution >= 4 is 5.91 Å². The second-order valence-electron chi connectivity index (χ2n) is 5.88. The molecule has 2 atom stereocenters. The van der Waals surface area contributed by atoms with Crippen LogP contribution in [0.15, 0.2) is 16.5 Å². The predicted molar refractivity (Wildman–Crippen MR) is 73.0 cm³/mol. The van der Waals surface area contributed by atoms with Gasteiger partial charge >= 0.3 is 6.18 Å². The van der Waals surface area contributed by atoms with E-state index in [1.807, 2.05) is 0 Å². The summed E-state index contributed by atoms with van der Waals surface area (Å²) < 4.78 is 45.0. The molecule has 1 fully saturated rings. The van der Waals surface area contributed by atoms with E-state index >= 15 is 0 Å². The Bertz CT molecular complexity index is 540. The molecule has 7 heteroatoms. The third kappa shape index (κ3) is 3.14. The van der Waals surface area contributed by atoms with E-state index in [0.29, 0.717) is 6.54 Å². The highest BCUT2D eigenvalue weighted by Crippen LogP contribution is 2.43. The van der Waals surface area contributed by atoms with E-state index in [9.17, 15) is 23.1 Å². The number of halogens is 3. The van der Waals surface area contributed by atoms with E-state index in [-0.39, 0.29) is 11.8 Å². The Morgan fingerprint density at radius 2 is 2.09 bits per heavy atom. The lowest BCUT2D eigenvalue weighted by Gasteiger charge is -2.36. The van der Waals surface area contributed by atoms with Crippen LogP contribution in [-0.2, 0) is 10.4 Å². The molecule has 1 saturated heterocycles. The predicted octanol–water partition coefficient (Wildman–Crippen LogP) is 3.13. The first-order valence-corrected chi connectivity index (χ1v) is 7.30. The zero-order valence-corrected chi connectivity index (χ0v) is 12.6. The molecule has 1 amide bonds. The van der Waals surface area contributed by atoms with Crippen LogP contribution in [0.25, 0.3) is 0 Å². The number of likely N-dealkylation sites (tertiary alicyclic amines) is 1. The number of amides is 1. The number of hydrogen-bond donors (Lipinski definition) is 1. The van der Waals surface area contributed by atoms with Gasteiger partial charge in [0.25, 0.3) is 0 Å². The molecule has 1 aromatic heterocycles. The van der Waals surface area contributed by atoms with Crippen LogP contribution >= 0.6 is 0 Å². The van der Waals surface area contributed by atoms with E-state index < -0.39 is 29.9 Å². The monoisotopic (exact) mass is 319 g/mol. The molecule has 1 aromatic rings. The highest BCUT2D eigenvalue weighted by Gasteiger charge is 2.58. The molecule has 2 heterocycles. The van der Waals surface area contributed by atoms with Crippen LogP contribution in [-0.4, -0.2) is 34.7 Å². The van der Waals surface area contributed by atoms with Crippen LogP contribution in [0.3, 0.4) is 0 Å². The fraction of sp³-hybridized carbons (Fsp3) is 0.667. The summed E-state index contributed by atoms with van der Waals surface area (Å²) in [6.45, 7) is 3.71. The molecule has 0 radical (unpaired) electrons. The molecular formula is C15H20F3NO3. The lowest BCUT2D eigenvalue weighted by atomic mass is 9.93. The average Bonchev–Trinajstić information content (AvgIpc) is 2.85. The second-order valence-corrected chi connectivity index (χ2v) is 5.88. The van der Waals surface area contributed by atoms with E-state index in [0.717, 1.165) is 25.3 Å². The molecule has 2 rings (SSSR count). The van der Waals surface area contributed by atoms with Crippen molar-refractivity contribution in [3.63, 3.8) is 0 Å². The fourth-order valence-electron chi connectivity index (χ4n) is 2.77. The standard InChI is InChI=1S/C15H20F3NO3/c1-10-5-3-4-8-19(10)13(20)9-14(21,15(16,17)18)12-7-6-11(2)22-12/h6-7,10,21H,3-5,8-9H2,1-2H3. The molecule has 4 nitrogen and oxygen atoms in total. The van der Waals surface area contributed by atoms with Gasteiger partial charge in [-0.1, -0.05) is 0 Å². The zero-order chi connectivity index (χ0) is 16.5. The van der Waals surface area contributed by atoms with Crippen LogP contribution in [0.1, 0.15) is 44.1 Å². The highest BCUT2D eigenvalue weighted by molar-refractivity contribution is 5.78. The summed E-state index contributed by atoms with van der Waals surface area (Å²) in [5.74, 6) is -1.10. The first-order valence-electron chi connectivity index (χ1n) is 7.30. The van der Waals surface area contributed by atoms with Crippen molar-refractivity contribution in [2.75, 3.05) is 6.54 Å². The van der Waals surface area contributed by atoms with Crippen LogP contribution in [0.2, 0.25) is 0 Å². The first kappa shape index (κ1) is 16.9. The smallest absolute Gasteiger partial charge is 0.425 e. The second kappa shape index (κ2) is 5.95.